The van der Waals surface area contributed by atoms with Gasteiger partial charge in [-0.1, -0.05) is 30.3 Å². The van der Waals surface area contributed by atoms with Gasteiger partial charge in [0.25, 0.3) is 0 Å². The minimum atomic E-state index is -0.525. The van der Waals surface area contributed by atoms with Gasteiger partial charge in [0.1, 0.15) is 5.60 Å². The first-order valence-electron chi connectivity index (χ1n) is 8.23. The molecule has 0 spiro atoms. The number of ether oxygens (including phenoxy) is 1. The van der Waals surface area contributed by atoms with Gasteiger partial charge in [-0.05, 0) is 45.6 Å². The second-order valence-electron chi connectivity index (χ2n) is 7.11. The maximum absolute atomic E-state index is 12.3. The first-order valence-corrected chi connectivity index (χ1v) is 8.23. The number of aliphatic hydroxyl groups is 1. The maximum atomic E-state index is 12.3. The van der Waals surface area contributed by atoms with Gasteiger partial charge in [0.05, 0.1) is 12.1 Å². The van der Waals surface area contributed by atoms with Crippen LogP contribution in [0.4, 0.5) is 4.79 Å². The van der Waals surface area contributed by atoms with Crippen LogP contribution in [-0.2, 0) is 11.2 Å². The second-order valence-corrected chi connectivity index (χ2v) is 7.11. The molecule has 1 heterocycles. The van der Waals surface area contributed by atoms with E-state index >= 15 is 0 Å². The first-order chi connectivity index (χ1) is 10.8. The molecule has 1 N–H and O–H groups in total. The molecule has 1 aromatic rings. The average molecular weight is 320 g/mol. The second kappa shape index (κ2) is 7.32. The summed E-state index contributed by atoms with van der Waals surface area (Å²) in [6.45, 7) is 6.22. The maximum Gasteiger partial charge on any atom is 0.424 e. The number of benzene rings is 1. The molecule has 1 aliphatic rings. The van der Waals surface area contributed by atoms with Gasteiger partial charge in [-0.15, -0.1) is 0 Å². The number of hydrogen-bond acceptors (Lipinski definition) is 4. The molecular weight excluding hydrogens is 292 g/mol. The van der Waals surface area contributed by atoms with Gasteiger partial charge >= 0.3 is 6.09 Å². The largest absolute Gasteiger partial charge is 0.443 e. The van der Waals surface area contributed by atoms with Crippen molar-refractivity contribution in [3.63, 3.8) is 0 Å². The van der Waals surface area contributed by atoms with Crippen LogP contribution >= 0.6 is 0 Å². The molecular formula is C18H28N2O3. The lowest BCUT2D eigenvalue weighted by molar-refractivity contribution is -0.0553. The highest BCUT2D eigenvalue weighted by Crippen LogP contribution is 2.25. The average Bonchev–Trinajstić information content (AvgIpc) is 2.84. The van der Waals surface area contributed by atoms with Crippen LogP contribution in [0.15, 0.2) is 30.3 Å². The Labute approximate surface area is 138 Å². The Morgan fingerprint density at radius 1 is 1.35 bits per heavy atom. The van der Waals surface area contributed by atoms with Crippen molar-refractivity contribution >= 4 is 6.09 Å². The summed E-state index contributed by atoms with van der Waals surface area (Å²) < 4.78 is 5.42. The third-order valence-electron chi connectivity index (χ3n) is 4.10. The highest BCUT2D eigenvalue weighted by molar-refractivity contribution is 5.67. The Morgan fingerprint density at radius 3 is 2.61 bits per heavy atom. The normalized spacial score (nSPS) is 22.1. The molecule has 2 atom stereocenters. The number of aryl methyl sites for hydroxylation is 1. The fraction of sp³-hybridized carbons (Fsp3) is 0.611. The van der Waals surface area contributed by atoms with E-state index in [0.29, 0.717) is 13.0 Å². The van der Waals surface area contributed by atoms with Crippen LogP contribution < -0.4 is 0 Å². The van der Waals surface area contributed by atoms with E-state index < -0.39 is 11.7 Å². The van der Waals surface area contributed by atoms with Gasteiger partial charge in [-0.3, -0.25) is 0 Å². The highest BCUT2D eigenvalue weighted by Gasteiger charge is 2.37. The number of rotatable bonds is 4. The monoisotopic (exact) mass is 320 g/mol. The predicted octanol–water partition coefficient (Wildman–Crippen LogP) is 2.84. The molecule has 0 saturated carbocycles. The Kier molecular flexibility index (Phi) is 5.65. The zero-order valence-electron chi connectivity index (χ0n) is 14.5. The number of amides is 1. The van der Waals surface area contributed by atoms with Gasteiger partial charge in [-0.25, -0.2) is 14.8 Å². The Hall–Kier alpha value is -1.59. The first kappa shape index (κ1) is 17.8. The third-order valence-corrected chi connectivity index (χ3v) is 4.10. The van der Waals surface area contributed by atoms with Crippen LogP contribution in [0.3, 0.4) is 0 Å². The van der Waals surface area contributed by atoms with E-state index in [9.17, 15) is 9.90 Å². The molecule has 0 bridgehead atoms. The predicted molar refractivity (Wildman–Crippen MR) is 89.9 cm³/mol. The van der Waals surface area contributed by atoms with E-state index in [1.807, 2.05) is 44.0 Å². The van der Waals surface area contributed by atoms with Crippen molar-refractivity contribution in [1.82, 2.24) is 10.0 Å². The van der Waals surface area contributed by atoms with Crippen LogP contribution in [0.1, 0.15) is 39.2 Å². The van der Waals surface area contributed by atoms with Crippen LogP contribution in [0.2, 0.25) is 0 Å². The van der Waals surface area contributed by atoms with Crippen molar-refractivity contribution < 1.29 is 14.6 Å². The summed E-state index contributed by atoms with van der Waals surface area (Å²) in [7, 11) is 1.71. The van der Waals surface area contributed by atoms with E-state index in [2.05, 4.69) is 12.1 Å². The van der Waals surface area contributed by atoms with Gasteiger partial charge in [0.2, 0.25) is 0 Å². The molecule has 5 nitrogen and oxygen atoms in total. The van der Waals surface area contributed by atoms with E-state index in [0.717, 1.165) is 12.8 Å². The standard InChI is InChI=1S/C18H28N2O3/c1-18(2,3)23-17(22)19(4)20-13-12-16(21)15(20)11-10-14-8-6-5-7-9-14/h5-9,15-16,21H,10-13H2,1-4H3. The molecule has 128 valence electrons. The number of hydrogen-bond donors (Lipinski definition) is 1. The van der Waals surface area contributed by atoms with Gasteiger partial charge in [-0.2, -0.15) is 0 Å². The molecule has 5 heteroatoms. The van der Waals surface area contributed by atoms with E-state index in [1.54, 1.807) is 7.05 Å². The van der Waals surface area contributed by atoms with Crippen molar-refractivity contribution in [1.29, 1.82) is 0 Å². The van der Waals surface area contributed by atoms with Crippen molar-refractivity contribution in [2.24, 2.45) is 0 Å². The molecule has 23 heavy (non-hydrogen) atoms. The smallest absolute Gasteiger partial charge is 0.424 e. The van der Waals surface area contributed by atoms with Gasteiger partial charge in [0.15, 0.2) is 0 Å². The summed E-state index contributed by atoms with van der Waals surface area (Å²) in [5.74, 6) is 0. The summed E-state index contributed by atoms with van der Waals surface area (Å²) >= 11 is 0. The fourth-order valence-electron chi connectivity index (χ4n) is 2.93. The van der Waals surface area contributed by atoms with Crippen molar-refractivity contribution in [3.8, 4) is 0 Å². The summed E-state index contributed by atoms with van der Waals surface area (Å²) in [6.07, 6.45) is 1.56. The van der Waals surface area contributed by atoms with Crippen molar-refractivity contribution in [2.75, 3.05) is 13.6 Å². The molecule has 1 aromatic carbocycles. The quantitative estimate of drug-likeness (QED) is 0.927. The van der Waals surface area contributed by atoms with Crippen LogP contribution in [0.5, 0.6) is 0 Å². The molecule has 0 aromatic heterocycles. The van der Waals surface area contributed by atoms with Crippen LogP contribution in [-0.4, -0.2) is 52.6 Å². The van der Waals surface area contributed by atoms with Crippen LogP contribution in [0, 0.1) is 0 Å². The minimum Gasteiger partial charge on any atom is -0.443 e. The van der Waals surface area contributed by atoms with E-state index in [-0.39, 0.29) is 12.1 Å². The Balaban J connectivity index is 1.98. The van der Waals surface area contributed by atoms with Crippen molar-refractivity contribution in [2.45, 2.75) is 57.8 Å². The minimum absolute atomic E-state index is 0.0623. The molecule has 0 radical (unpaired) electrons. The summed E-state index contributed by atoms with van der Waals surface area (Å²) in [5.41, 5.74) is 0.718. The Bertz CT molecular complexity index is 513. The molecule has 2 rings (SSSR count). The molecule has 1 aliphatic heterocycles. The number of aliphatic hydroxyl groups excluding tert-OH is 1. The molecule has 2 unspecified atom stereocenters. The van der Waals surface area contributed by atoms with E-state index in [1.165, 1.54) is 10.6 Å². The van der Waals surface area contributed by atoms with Crippen molar-refractivity contribution in [3.05, 3.63) is 35.9 Å². The molecule has 1 saturated heterocycles. The lowest BCUT2D eigenvalue weighted by Crippen LogP contribution is -2.50. The van der Waals surface area contributed by atoms with Gasteiger partial charge in [0, 0.05) is 13.6 Å². The number of hydrazine groups is 1. The highest BCUT2D eigenvalue weighted by atomic mass is 16.6. The Morgan fingerprint density at radius 2 is 2.00 bits per heavy atom. The topological polar surface area (TPSA) is 53.0 Å². The number of nitrogens with zero attached hydrogens (tertiary/aromatic N) is 2. The summed E-state index contributed by atoms with van der Waals surface area (Å²) in [5, 5.41) is 13.7. The lowest BCUT2D eigenvalue weighted by Gasteiger charge is -2.35. The summed E-state index contributed by atoms with van der Waals surface area (Å²) in [6, 6.07) is 10.1. The number of carbonyl (C=O) groups excluding carboxylic acids is 1. The zero-order chi connectivity index (χ0) is 17.0. The molecule has 0 aliphatic carbocycles. The third kappa shape index (κ3) is 4.94. The van der Waals surface area contributed by atoms with Crippen LogP contribution in [0.25, 0.3) is 0 Å². The fourth-order valence-corrected chi connectivity index (χ4v) is 2.93. The lowest BCUT2D eigenvalue weighted by atomic mass is 10.0. The SMILES string of the molecule is CN(C(=O)OC(C)(C)C)N1CCC(O)C1CCc1ccccc1. The summed E-state index contributed by atoms with van der Waals surface area (Å²) in [4.78, 5) is 12.3. The number of carbonyl (C=O) groups is 1. The van der Waals surface area contributed by atoms with E-state index in [4.69, 9.17) is 4.74 Å². The molecule has 1 amide bonds. The van der Waals surface area contributed by atoms with Gasteiger partial charge < -0.3 is 9.84 Å². The zero-order valence-corrected chi connectivity index (χ0v) is 14.5. The molecule has 1 fully saturated rings.